The molecule has 4 heteroatoms. The number of nitrogens with one attached hydrogen (secondary N) is 1. The van der Waals surface area contributed by atoms with E-state index in [1.165, 1.54) is 0 Å². The van der Waals surface area contributed by atoms with Crippen LogP contribution in [0.4, 0.5) is 17.1 Å². The van der Waals surface area contributed by atoms with Gasteiger partial charge in [-0.3, -0.25) is 0 Å². The molecule has 2 aromatic rings. The van der Waals surface area contributed by atoms with Crippen molar-refractivity contribution < 1.29 is 9.47 Å². The average Bonchev–Trinajstić information content (AvgIpc) is 2.41. The largest absolute Gasteiger partial charge is 0.497 e. The van der Waals surface area contributed by atoms with Gasteiger partial charge in [0.25, 0.3) is 0 Å². The molecule has 0 aliphatic carbocycles. The summed E-state index contributed by atoms with van der Waals surface area (Å²) in [5.74, 6) is 1.46. The Morgan fingerprint density at radius 1 is 0.947 bits per heavy atom. The molecule has 0 amide bonds. The van der Waals surface area contributed by atoms with Crippen molar-refractivity contribution in [1.29, 1.82) is 0 Å². The molecule has 2 aromatic carbocycles. The van der Waals surface area contributed by atoms with E-state index in [9.17, 15) is 0 Å². The van der Waals surface area contributed by atoms with Crippen LogP contribution in [0.3, 0.4) is 0 Å². The van der Waals surface area contributed by atoms with Crippen molar-refractivity contribution in [1.82, 2.24) is 0 Å². The van der Waals surface area contributed by atoms with Gasteiger partial charge in [-0.25, -0.2) is 0 Å². The first kappa shape index (κ1) is 13.1. The molecule has 0 aliphatic rings. The van der Waals surface area contributed by atoms with Gasteiger partial charge in [0.05, 0.1) is 25.6 Å². The summed E-state index contributed by atoms with van der Waals surface area (Å²) in [6.45, 7) is 2.01. The summed E-state index contributed by atoms with van der Waals surface area (Å²) in [5.41, 5.74) is 9.56. The number of hydrogen-bond acceptors (Lipinski definition) is 4. The van der Waals surface area contributed by atoms with Crippen molar-refractivity contribution >= 4 is 17.1 Å². The second-order valence-corrected chi connectivity index (χ2v) is 4.32. The standard InChI is InChI=1S/C15H18N2O2/c1-10-4-5-15(14(16)6-10)17-11-7-12(18-2)9-13(8-11)19-3/h4-9,17H,16H2,1-3H3. The highest BCUT2D eigenvalue weighted by molar-refractivity contribution is 5.74. The molecule has 4 nitrogen and oxygen atoms in total. The van der Waals surface area contributed by atoms with E-state index < -0.39 is 0 Å². The molecule has 0 unspecified atom stereocenters. The topological polar surface area (TPSA) is 56.5 Å². The lowest BCUT2D eigenvalue weighted by molar-refractivity contribution is 0.395. The molecule has 0 atom stereocenters. The number of aryl methyl sites for hydroxylation is 1. The molecule has 0 radical (unpaired) electrons. The van der Waals surface area contributed by atoms with Crippen molar-refractivity contribution in [3.63, 3.8) is 0 Å². The summed E-state index contributed by atoms with van der Waals surface area (Å²) in [7, 11) is 3.25. The number of nitrogens with two attached hydrogens (primary N) is 1. The SMILES string of the molecule is COc1cc(Nc2ccc(C)cc2N)cc(OC)c1. The molecule has 0 bridgehead atoms. The van der Waals surface area contributed by atoms with Crippen LogP contribution >= 0.6 is 0 Å². The number of ether oxygens (including phenoxy) is 2. The molecule has 0 saturated heterocycles. The van der Waals surface area contributed by atoms with Crippen LogP contribution < -0.4 is 20.5 Å². The number of hydrogen-bond donors (Lipinski definition) is 2. The van der Waals surface area contributed by atoms with Gasteiger partial charge < -0.3 is 20.5 Å². The van der Waals surface area contributed by atoms with Gasteiger partial charge in [-0.2, -0.15) is 0 Å². The maximum atomic E-state index is 5.99. The first-order valence-corrected chi connectivity index (χ1v) is 5.98. The maximum absolute atomic E-state index is 5.99. The second-order valence-electron chi connectivity index (χ2n) is 4.32. The molecular weight excluding hydrogens is 240 g/mol. The van der Waals surface area contributed by atoms with Crippen LogP contribution in [0, 0.1) is 6.92 Å². The fraction of sp³-hybridized carbons (Fsp3) is 0.200. The summed E-state index contributed by atoms with van der Waals surface area (Å²) in [5, 5.41) is 3.26. The van der Waals surface area contributed by atoms with E-state index in [1.807, 2.05) is 43.3 Å². The van der Waals surface area contributed by atoms with Gasteiger partial charge in [-0.1, -0.05) is 6.07 Å². The Kier molecular flexibility index (Phi) is 3.80. The number of anilines is 3. The third-order valence-corrected chi connectivity index (χ3v) is 2.84. The van der Waals surface area contributed by atoms with E-state index in [1.54, 1.807) is 14.2 Å². The molecule has 0 aliphatic heterocycles. The summed E-state index contributed by atoms with van der Waals surface area (Å²) < 4.78 is 10.5. The highest BCUT2D eigenvalue weighted by Gasteiger charge is 2.04. The zero-order chi connectivity index (χ0) is 13.8. The summed E-state index contributed by atoms with van der Waals surface area (Å²) in [6.07, 6.45) is 0. The Bertz CT molecular complexity index is 560. The van der Waals surface area contributed by atoms with Gasteiger partial charge in [0.2, 0.25) is 0 Å². The predicted octanol–water partition coefficient (Wildman–Crippen LogP) is 3.34. The van der Waals surface area contributed by atoms with Crippen molar-refractivity contribution in [3.8, 4) is 11.5 Å². The van der Waals surface area contributed by atoms with Crippen LogP contribution in [0.2, 0.25) is 0 Å². The molecule has 19 heavy (non-hydrogen) atoms. The van der Waals surface area contributed by atoms with Crippen LogP contribution in [0.15, 0.2) is 36.4 Å². The lowest BCUT2D eigenvalue weighted by atomic mass is 10.2. The fourth-order valence-corrected chi connectivity index (χ4v) is 1.83. The van der Waals surface area contributed by atoms with Gasteiger partial charge in [-0.15, -0.1) is 0 Å². The van der Waals surface area contributed by atoms with Crippen molar-refractivity contribution in [2.45, 2.75) is 6.92 Å². The minimum atomic E-state index is 0.710. The smallest absolute Gasteiger partial charge is 0.124 e. The Hall–Kier alpha value is -2.36. The van der Waals surface area contributed by atoms with Gasteiger partial charge in [0, 0.05) is 23.9 Å². The quantitative estimate of drug-likeness (QED) is 0.826. The molecular formula is C15H18N2O2. The predicted molar refractivity (Wildman–Crippen MR) is 78.4 cm³/mol. The monoisotopic (exact) mass is 258 g/mol. The number of benzene rings is 2. The molecule has 0 fully saturated rings. The molecule has 100 valence electrons. The average molecular weight is 258 g/mol. The maximum Gasteiger partial charge on any atom is 0.124 e. The van der Waals surface area contributed by atoms with E-state index in [4.69, 9.17) is 15.2 Å². The number of methoxy groups -OCH3 is 2. The molecule has 3 N–H and O–H groups in total. The van der Waals surface area contributed by atoms with E-state index >= 15 is 0 Å². The number of nitrogen functional groups attached to an aromatic ring is 1. The van der Waals surface area contributed by atoms with Crippen molar-refractivity contribution in [2.75, 3.05) is 25.3 Å². The normalized spacial score (nSPS) is 10.1. The molecule has 2 rings (SSSR count). The van der Waals surface area contributed by atoms with Crippen molar-refractivity contribution in [2.24, 2.45) is 0 Å². The van der Waals surface area contributed by atoms with Gasteiger partial charge in [-0.05, 0) is 24.6 Å². The summed E-state index contributed by atoms with van der Waals surface area (Å²) in [4.78, 5) is 0. The zero-order valence-electron chi connectivity index (χ0n) is 11.4. The van der Waals surface area contributed by atoms with Crippen LogP contribution in [-0.4, -0.2) is 14.2 Å². The lowest BCUT2D eigenvalue weighted by Crippen LogP contribution is -1.98. The first-order chi connectivity index (χ1) is 9.12. The van der Waals surface area contributed by atoms with Crippen LogP contribution in [0.1, 0.15) is 5.56 Å². The summed E-state index contributed by atoms with van der Waals surface area (Å²) >= 11 is 0. The Balaban J connectivity index is 2.31. The highest BCUT2D eigenvalue weighted by atomic mass is 16.5. The van der Waals surface area contributed by atoms with Crippen molar-refractivity contribution in [3.05, 3.63) is 42.0 Å². The Morgan fingerprint density at radius 3 is 2.11 bits per heavy atom. The van der Waals surface area contributed by atoms with Crippen LogP contribution in [-0.2, 0) is 0 Å². The zero-order valence-corrected chi connectivity index (χ0v) is 11.4. The molecule has 0 heterocycles. The van der Waals surface area contributed by atoms with Gasteiger partial charge >= 0.3 is 0 Å². The first-order valence-electron chi connectivity index (χ1n) is 5.98. The molecule has 0 spiro atoms. The fourth-order valence-electron chi connectivity index (χ4n) is 1.83. The molecule has 0 saturated carbocycles. The highest BCUT2D eigenvalue weighted by Crippen LogP contribution is 2.30. The van der Waals surface area contributed by atoms with E-state index in [2.05, 4.69) is 5.32 Å². The van der Waals surface area contributed by atoms with E-state index in [-0.39, 0.29) is 0 Å². The Morgan fingerprint density at radius 2 is 1.58 bits per heavy atom. The minimum Gasteiger partial charge on any atom is -0.497 e. The van der Waals surface area contributed by atoms with Crippen LogP contribution in [0.5, 0.6) is 11.5 Å². The van der Waals surface area contributed by atoms with Crippen LogP contribution in [0.25, 0.3) is 0 Å². The van der Waals surface area contributed by atoms with E-state index in [0.717, 1.165) is 28.4 Å². The van der Waals surface area contributed by atoms with E-state index in [0.29, 0.717) is 5.69 Å². The third kappa shape index (κ3) is 3.10. The number of rotatable bonds is 4. The second kappa shape index (κ2) is 5.52. The molecule has 0 aromatic heterocycles. The minimum absolute atomic E-state index is 0.710. The third-order valence-electron chi connectivity index (χ3n) is 2.84. The van der Waals surface area contributed by atoms with Gasteiger partial charge in [0.1, 0.15) is 11.5 Å². The van der Waals surface area contributed by atoms with Gasteiger partial charge in [0.15, 0.2) is 0 Å². The lowest BCUT2D eigenvalue weighted by Gasteiger charge is -2.12. The summed E-state index contributed by atoms with van der Waals surface area (Å²) in [6, 6.07) is 11.5. The Labute approximate surface area is 113 Å².